The molecule has 1 aromatic heterocycles. The number of nitrogens with zero attached hydrogens (tertiary/aromatic N) is 3. The topological polar surface area (TPSA) is 29.0 Å². The van der Waals surface area contributed by atoms with Gasteiger partial charge in [-0.1, -0.05) is 11.6 Å². The van der Waals surface area contributed by atoms with E-state index in [9.17, 15) is 17.6 Å². The number of hydrogen-bond acceptors (Lipinski definition) is 3. The highest BCUT2D eigenvalue weighted by atomic mass is 35.5. The number of alkyl halides is 3. The molecule has 0 N–H and O–H groups in total. The summed E-state index contributed by atoms with van der Waals surface area (Å²) in [4.78, 5) is 1.33. The second kappa shape index (κ2) is 5.24. The van der Waals surface area contributed by atoms with Crippen molar-refractivity contribution in [3.05, 3.63) is 47.0 Å². The van der Waals surface area contributed by atoms with Crippen molar-refractivity contribution in [2.75, 3.05) is 11.9 Å². The molecule has 0 unspecified atom stereocenters. The van der Waals surface area contributed by atoms with E-state index in [-0.39, 0.29) is 10.8 Å². The SMILES string of the molecule is CN(c1cc(F)cc(C(F)(F)F)c1)c1cnnc(Cl)c1. The van der Waals surface area contributed by atoms with Gasteiger partial charge >= 0.3 is 6.18 Å². The molecule has 3 nitrogen and oxygen atoms in total. The molecule has 0 saturated carbocycles. The smallest absolute Gasteiger partial charge is 0.343 e. The largest absolute Gasteiger partial charge is 0.416 e. The highest BCUT2D eigenvalue weighted by molar-refractivity contribution is 6.29. The summed E-state index contributed by atoms with van der Waals surface area (Å²) < 4.78 is 51.3. The van der Waals surface area contributed by atoms with E-state index in [1.807, 2.05) is 0 Å². The lowest BCUT2D eigenvalue weighted by Crippen LogP contribution is -2.13. The molecule has 20 heavy (non-hydrogen) atoms. The van der Waals surface area contributed by atoms with Crippen LogP contribution in [0.1, 0.15) is 5.56 Å². The number of hydrogen-bond donors (Lipinski definition) is 0. The molecule has 0 saturated heterocycles. The Bertz CT molecular complexity index is 630. The molecule has 0 radical (unpaired) electrons. The Balaban J connectivity index is 2.45. The predicted molar refractivity (Wildman–Crippen MR) is 66.5 cm³/mol. The van der Waals surface area contributed by atoms with Crippen LogP contribution in [0.3, 0.4) is 0 Å². The minimum Gasteiger partial charge on any atom is -0.343 e. The first-order valence-electron chi connectivity index (χ1n) is 5.37. The Hall–Kier alpha value is -1.89. The number of aromatic nitrogens is 2. The van der Waals surface area contributed by atoms with Crippen LogP contribution >= 0.6 is 11.6 Å². The summed E-state index contributed by atoms with van der Waals surface area (Å²) in [5.41, 5.74) is -0.641. The molecule has 1 heterocycles. The van der Waals surface area contributed by atoms with Gasteiger partial charge in [-0.05, 0) is 18.2 Å². The molecular formula is C12H8ClF4N3. The summed E-state index contributed by atoms with van der Waals surface area (Å²) in [5.74, 6) is -0.977. The van der Waals surface area contributed by atoms with Crippen molar-refractivity contribution in [3.63, 3.8) is 0 Å². The number of rotatable bonds is 2. The van der Waals surface area contributed by atoms with E-state index in [4.69, 9.17) is 11.6 Å². The zero-order valence-corrected chi connectivity index (χ0v) is 10.9. The molecule has 0 atom stereocenters. The third-order valence-corrected chi connectivity index (χ3v) is 2.78. The summed E-state index contributed by atoms with van der Waals surface area (Å²) >= 11 is 5.66. The van der Waals surface area contributed by atoms with Gasteiger partial charge in [0.2, 0.25) is 0 Å². The Morgan fingerprint density at radius 1 is 1.10 bits per heavy atom. The average Bonchev–Trinajstić information content (AvgIpc) is 2.36. The highest BCUT2D eigenvalue weighted by Gasteiger charge is 2.31. The van der Waals surface area contributed by atoms with Gasteiger partial charge in [0.15, 0.2) is 5.15 Å². The van der Waals surface area contributed by atoms with Crippen molar-refractivity contribution in [2.24, 2.45) is 0 Å². The lowest BCUT2D eigenvalue weighted by atomic mass is 10.1. The highest BCUT2D eigenvalue weighted by Crippen LogP contribution is 2.34. The van der Waals surface area contributed by atoms with E-state index < -0.39 is 17.6 Å². The Morgan fingerprint density at radius 3 is 2.40 bits per heavy atom. The first-order chi connectivity index (χ1) is 9.27. The van der Waals surface area contributed by atoms with Gasteiger partial charge in [0.05, 0.1) is 17.4 Å². The van der Waals surface area contributed by atoms with Crippen LogP contribution < -0.4 is 4.90 Å². The third-order valence-electron chi connectivity index (χ3n) is 2.59. The van der Waals surface area contributed by atoms with Crippen LogP contribution in [0.5, 0.6) is 0 Å². The summed E-state index contributed by atoms with van der Waals surface area (Å²) in [6.07, 6.45) is -3.31. The summed E-state index contributed by atoms with van der Waals surface area (Å²) in [6.45, 7) is 0. The van der Waals surface area contributed by atoms with E-state index in [2.05, 4.69) is 10.2 Å². The van der Waals surface area contributed by atoms with Crippen LogP contribution in [0.15, 0.2) is 30.5 Å². The fourth-order valence-electron chi connectivity index (χ4n) is 1.60. The number of benzene rings is 1. The molecule has 0 fully saturated rings. The van der Waals surface area contributed by atoms with Crippen LogP contribution in [-0.2, 0) is 6.18 Å². The lowest BCUT2D eigenvalue weighted by Gasteiger charge is -2.20. The second-order valence-corrected chi connectivity index (χ2v) is 4.38. The Kier molecular flexibility index (Phi) is 3.80. The maximum atomic E-state index is 13.3. The molecule has 0 aliphatic rings. The summed E-state index contributed by atoms with van der Waals surface area (Å²) in [5, 5.41) is 7.19. The van der Waals surface area contributed by atoms with Crippen LogP contribution in [0, 0.1) is 5.82 Å². The van der Waals surface area contributed by atoms with Crippen LogP contribution in [-0.4, -0.2) is 17.2 Å². The van der Waals surface area contributed by atoms with Gasteiger partial charge in [-0.25, -0.2) is 4.39 Å². The van der Waals surface area contributed by atoms with Crippen molar-refractivity contribution in [3.8, 4) is 0 Å². The third kappa shape index (κ3) is 3.16. The molecule has 0 spiro atoms. The standard InChI is InChI=1S/C12H8ClF4N3/c1-20(10-5-11(13)19-18-6-10)9-3-7(12(15,16)17)2-8(14)4-9/h2-6H,1H3. The molecule has 106 valence electrons. The molecule has 8 heteroatoms. The number of halogens is 5. The van der Waals surface area contributed by atoms with Gasteiger partial charge in [0.25, 0.3) is 0 Å². The van der Waals surface area contributed by atoms with E-state index in [1.54, 1.807) is 0 Å². The van der Waals surface area contributed by atoms with Crippen molar-refractivity contribution >= 4 is 23.0 Å². The maximum Gasteiger partial charge on any atom is 0.416 e. The molecule has 0 aliphatic heterocycles. The maximum absolute atomic E-state index is 13.3. The van der Waals surface area contributed by atoms with Gasteiger partial charge in [-0.2, -0.15) is 18.3 Å². The predicted octanol–water partition coefficient (Wildman–Crippen LogP) is 4.06. The van der Waals surface area contributed by atoms with Gasteiger partial charge in [0.1, 0.15) is 5.82 Å². The van der Waals surface area contributed by atoms with E-state index in [0.29, 0.717) is 11.8 Å². The molecule has 0 amide bonds. The van der Waals surface area contributed by atoms with E-state index in [1.165, 1.54) is 24.2 Å². The van der Waals surface area contributed by atoms with Gasteiger partial charge in [0, 0.05) is 18.8 Å². The lowest BCUT2D eigenvalue weighted by molar-refractivity contribution is -0.137. The first kappa shape index (κ1) is 14.5. The van der Waals surface area contributed by atoms with E-state index in [0.717, 1.165) is 12.1 Å². The van der Waals surface area contributed by atoms with Gasteiger partial charge in [-0.15, -0.1) is 5.10 Å². The summed E-state index contributed by atoms with van der Waals surface area (Å²) in [7, 11) is 1.47. The van der Waals surface area contributed by atoms with Gasteiger partial charge < -0.3 is 4.90 Å². The molecule has 0 aliphatic carbocycles. The van der Waals surface area contributed by atoms with E-state index >= 15 is 0 Å². The van der Waals surface area contributed by atoms with Crippen molar-refractivity contribution in [1.29, 1.82) is 0 Å². The Morgan fingerprint density at radius 2 is 1.80 bits per heavy atom. The molecule has 2 rings (SSSR count). The van der Waals surface area contributed by atoms with Gasteiger partial charge in [-0.3, -0.25) is 0 Å². The fraction of sp³-hybridized carbons (Fsp3) is 0.167. The monoisotopic (exact) mass is 305 g/mol. The molecule has 2 aromatic rings. The molecular weight excluding hydrogens is 298 g/mol. The molecule has 1 aromatic carbocycles. The minimum absolute atomic E-state index is 0.0291. The minimum atomic E-state index is -4.62. The fourth-order valence-corrected chi connectivity index (χ4v) is 1.75. The van der Waals surface area contributed by atoms with Crippen molar-refractivity contribution < 1.29 is 17.6 Å². The van der Waals surface area contributed by atoms with Crippen molar-refractivity contribution in [1.82, 2.24) is 10.2 Å². The zero-order valence-electron chi connectivity index (χ0n) is 10.1. The zero-order chi connectivity index (χ0) is 14.9. The van der Waals surface area contributed by atoms with Crippen LogP contribution in [0.4, 0.5) is 28.9 Å². The second-order valence-electron chi connectivity index (χ2n) is 3.99. The number of anilines is 2. The Labute approximate surface area is 116 Å². The quantitative estimate of drug-likeness (QED) is 0.784. The van der Waals surface area contributed by atoms with Crippen molar-refractivity contribution in [2.45, 2.75) is 6.18 Å². The average molecular weight is 306 g/mol. The summed E-state index contributed by atoms with van der Waals surface area (Å²) in [6, 6.07) is 3.68. The first-order valence-corrected chi connectivity index (χ1v) is 5.75. The van der Waals surface area contributed by atoms with Crippen LogP contribution in [0.25, 0.3) is 0 Å². The molecule has 0 bridgehead atoms. The van der Waals surface area contributed by atoms with Crippen LogP contribution in [0.2, 0.25) is 5.15 Å². The normalized spacial score (nSPS) is 11.5.